The summed E-state index contributed by atoms with van der Waals surface area (Å²) in [7, 11) is 0. The highest BCUT2D eigenvalue weighted by molar-refractivity contribution is 7.16. The Morgan fingerprint density at radius 1 is 1.26 bits per heavy atom. The highest BCUT2D eigenvalue weighted by atomic mass is 35.5. The molecule has 2 aromatic rings. The minimum Gasteiger partial charge on any atom is -0.378 e. The number of hydrogen-bond acceptors (Lipinski definition) is 3. The Morgan fingerprint density at radius 3 is 2.53 bits per heavy atom. The van der Waals surface area contributed by atoms with Crippen molar-refractivity contribution in [3.05, 3.63) is 57.2 Å². The molecule has 1 heterocycles. The first kappa shape index (κ1) is 14.1. The molecule has 0 aliphatic heterocycles. The number of hydrogen-bond donors (Lipinski definition) is 2. The molecule has 0 aliphatic carbocycles. The lowest BCUT2D eigenvalue weighted by atomic mass is 10.1. The molecule has 0 saturated heterocycles. The topological polar surface area (TPSA) is 49.3 Å². The minimum atomic E-state index is -1.15. The smallest absolute Gasteiger partial charge is 0.253 e. The Morgan fingerprint density at radius 2 is 1.95 bits per heavy atom. The molecule has 0 radical (unpaired) electrons. The van der Waals surface area contributed by atoms with Gasteiger partial charge in [-0.2, -0.15) is 0 Å². The Balaban J connectivity index is 2.01. The van der Waals surface area contributed by atoms with Crippen LogP contribution in [0.4, 0.5) is 0 Å². The van der Waals surface area contributed by atoms with E-state index in [4.69, 9.17) is 11.6 Å². The van der Waals surface area contributed by atoms with E-state index in [1.807, 2.05) is 19.1 Å². The van der Waals surface area contributed by atoms with Crippen LogP contribution in [0, 0.1) is 0 Å². The second-order valence-corrected chi connectivity index (χ2v) is 5.93. The third kappa shape index (κ3) is 3.56. The van der Waals surface area contributed by atoms with E-state index in [-0.39, 0.29) is 6.04 Å². The Labute approximate surface area is 120 Å². The summed E-state index contributed by atoms with van der Waals surface area (Å²) in [6.07, 6.45) is -1.15. The number of rotatable bonds is 4. The summed E-state index contributed by atoms with van der Waals surface area (Å²) in [4.78, 5) is 12.9. The van der Waals surface area contributed by atoms with Crippen molar-refractivity contribution in [1.82, 2.24) is 5.32 Å². The molecule has 2 unspecified atom stereocenters. The molecule has 0 fully saturated rings. The average molecular weight is 296 g/mol. The van der Waals surface area contributed by atoms with Crippen LogP contribution in [0.3, 0.4) is 0 Å². The van der Waals surface area contributed by atoms with E-state index >= 15 is 0 Å². The Hall–Kier alpha value is -1.36. The van der Waals surface area contributed by atoms with Crippen LogP contribution in [-0.2, 0) is 4.79 Å². The van der Waals surface area contributed by atoms with E-state index in [1.54, 1.807) is 30.3 Å². The standard InChI is InChI=1S/C14H14ClNO2S/c1-9(11-7-8-12(15)19-11)16-14(18)13(17)10-5-3-2-4-6-10/h2-9,13,17H,1H3,(H,16,18). The van der Waals surface area contributed by atoms with Gasteiger partial charge in [-0.05, 0) is 24.6 Å². The second kappa shape index (κ2) is 6.19. The maximum atomic E-state index is 11.9. The summed E-state index contributed by atoms with van der Waals surface area (Å²) < 4.78 is 0.680. The van der Waals surface area contributed by atoms with E-state index in [0.717, 1.165) is 4.88 Å². The molecule has 19 heavy (non-hydrogen) atoms. The van der Waals surface area contributed by atoms with Crippen LogP contribution >= 0.6 is 22.9 Å². The monoisotopic (exact) mass is 295 g/mol. The third-order valence-corrected chi connectivity index (χ3v) is 4.16. The van der Waals surface area contributed by atoms with Crippen molar-refractivity contribution in [3.8, 4) is 0 Å². The highest BCUT2D eigenvalue weighted by Crippen LogP contribution is 2.27. The van der Waals surface area contributed by atoms with E-state index < -0.39 is 12.0 Å². The quantitative estimate of drug-likeness (QED) is 0.909. The number of carbonyl (C=O) groups is 1. The van der Waals surface area contributed by atoms with Crippen LogP contribution in [0.2, 0.25) is 4.34 Å². The lowest BCUT2D eigenvalue weighted by Gasteiger charge is -2.16. The fraction of sp³-hybridized carbons (Fsp3) is 0.214. The molecule has 2 N–H and O–H groups in total. The molecule has 1 aromatic carbocycles. The van der Waals surface area contributed by atoms with E-state index in [2.05, 4.69) is 5.32 Å². The van der Waals surface area contributed by atoms with Gasteiger partial charge in [0, 0.05) is 4.88 Å². The van der Waals surface area contributed by atoms with Crippen LogP contribution < -0.4 is 5.32 Å². The average Bonchev–Trinajstić information content (AvgIpc) is 2.85. The van der Waals surface area contributed by atoms with Crippen molar-refractivity contribution in [2.45, 2.75) is 19.1 Å². The lowest BCUT2D eigenvalue weighted by molar-refractivity contribution is -0.130. The third-order valence-electron chi connectivity index (χ3n) is 2.74. The van der Waals surface area contributed by atoms with E-state index in [9.17, 15) is 9.90 Å². The first-order valence-electron chi connectivity index (χ1n) is 5.86. The normalized spacial score (nSPS) is 13.8. The van der Waals surface area contributed by atoms with Crippen molar-refractivity contribution in [2.75, 3.05) is 0 Å². The number of nitrogens with one attached hydrogen (secondary N) is 1. The second-order valence-electron chi connectivity index (χ2n) is 4.19. The van der Waals surface area contributed by atoms with Gasteiger partial charge in [0.1, 0.15) is 0 Å². The van der Waals surface area contributed by atoms with Crippen LogP contribution in [0.25, 0.3) is 0 Å². The van der Waals surface area contributed by atoms with Gasteiger partial charge >= 0.3 is 0 Å². The molecular formula is C14H14ClNO2S. The van der Waals surface area contributed by atoms with Gasteiger partial charge in [-0.1, -0.05) is 41.9 Å². The summed E-state index contributed by atoms with van der Waals surface area (Å²) >= 11 is 7.27. The zero-order chi connectivity index (χ0) is 13.8. The fourth-order valence-corrected chi connectivity index (χ4v) is 2.77. The first-order valence-corrected chi connectivity index (χ1v) is 7.06. The van der Waals surface area contributed by atoms with Gasteiger partial charge in [0.25, 0.3) is 5.91 Å². The van der Waals surface area contributed by atoms with Gasteiger partial charge in [-0.3, -0.25) is 4.79 Å². The summed E-state index contributed by atoms with van der Waals surface area (Å²) in [5, 5.41) is 12.7. The summed E-state index contributed by atoms with van der Waals surface area (Å²) in [6, 6.07) is 12.3. The van der Waals surface area contributed by atoms with Gasteiger partial charge in [-0.15, -0.1) is 11.3 Å². The predicted molar refractivity (Wildman–Crippen MR) is 77.3 cm³/mol. The highest BCUT2D eigenvalue weighted by Gasteiger charge is 2.19. The summed E-state index contributed by atoms with van der Waals surface area (Å²) in [5.41, 5.74) is 0.580. The number of aliphatic hydroxyl groups is 1. The minimum absolute atomic E-state index is 0.177. The fourth-order valence-electron chi connectivity index (χ4n) is 1.71. The molecule has 3 nitrogen and oxygen atoms in total. The summed E-state index contributed by atoms with van der Waals surface area (Å²) in [5.74, 6) is -0.414. The molecular weight excluding hydrogens is 282 g/mol. The molecule has 0 spiro atoms. The molecule has 1 aromatic heterocycles. The molecule has 0 saturated carbocycles. The zero-order valence-corrected chi connectivity index (χ0v) is 11.9. The maximum absolute atomic E-state index is 11.9. The summed E-state index contributed by atoms with van der Waals surface area (Å²) in [6.45, 7) is 1.86. The molecule has 0 aliphatic rings. The Bertz CT molecular complexity index is 556. The molecule has 2 atom stereocenters. The molecule has 5 heteroatoms. The SMILES string of the molecule is CC(NC(=O)C(O)c1ccccc1)c1ccc(Cl)s1. The lowest BCUT2D eigenvalue weighted by Crippen LogP contribution is -2.31. The number of amides is 1. The van der Waals surface area contributed by atoms with Gasteiger partial charge in [-0.25, -0.2) is 0 Å². The maximum Gasteiger partial charge on any atom is 0.253 e. The van der Waals surface area contributed by atoms with Gasteiger partial charge in [0.2, 0.25) is 0 Å². The van der Waals surface area contributed by atoms with Crippen molar-refractivity contribution in [3.63, 3.8) is 0 Å². The van der Waals surface area contributed by atoms with Crippen LogP contribution in [0.15, 0.2) is 42.5 Å². The van der Waals surface area contributed by atoms with Crippen LogP contribution in [0.5, 0.6) is 0 Å². The molecule has 100 valence electrons. The first-order chi connectivity index (χ1) is 9.08. The van der Waals surface area contributed by atoms with Gasteiger partial charge in [0.05, 0.1) is 10.4 Å². The molecule has 0 bridgehead atoms. The predicted octanol–water partition coefficient (Wildman–Crippen LogP) is 3.31. The van der Waals surface area contributed by atoms with Crippen molar-refractivity contribution < 1.29 is 9.90 Å². The number of aliphatic hydroxyl groups excluding tert-OH is 1. The van der Waals surface area contributed by atoms with Crippen molar-refractivity contribution in [1.29, 1.82) is 0 Å². The van der Waals surface area contributed by atoms with Gasteiger partial charge in [0.15, 0.2) is 6.10 Å². The molecule has 2 rings (SSSR count). The number of halogens is 1. The van der Waals surface area contributed by atoms with Crippen molar-refractivity contribution in [2.24, 2.45) is 0 Å². The van der Waals surface area contributed by atoms with Crippen LogP contribution in [0.1, 0.15) is 29.5 Å². The zero-order valence-electron chi connectivity index (χ0n) is 10.3. The van der Waals surface area contributed by atoms with E-state index in [0.29, 0.717) is 9.90 Å². The largest absolute Gasteiger partial charge is 0.378 e. The number of carbonyl (C=O) groups excluding carboxylic acids is 1. The number of thiophene rings is 1. The van der Waals surface area contributed by atoms with Crippen molar-refractivity contribution >= 4 is 28.8 Å². The van der Waals surface area contributed by atoms with Crippen LogP contribution in [-0.4, -0.2) is 11.0 Å². The van der Waals surface area contributed by atoms with Gasteiger partial charge < -0.3 is 10.4 Å². The molecule has 1 amide bonds. The Kier molecular flexibility index (Phi) is 4.58. The number of benzene rings is 1. The van der Waals surface area contributed by atoms with E-state index in [1.165, 1.54) is 11.3 Å².